The zero-order valence-electron chi connectivity index (χ0n) is 10.1. The van der Waals surface area contributed by atoms with Crippen LogP contribution in [0.2, 0.25) is 0 Å². The molecule has 0 aromatic heterocycles. The molecule has 0 bridgehead atoms. The van der Waals surface area contributed by atoms with Crippen LogP contribution in [0.4, 0.5) is 30.7 Å². The second-order valence-corrected chi connectivity index (χ2v) is 6.11. The van der Waals surface area contributed by atoms with Crippen LogP contribution in [0.15, 0.2) is 0 Å². The molecule has 0 aliphatic heterocycles. The lowest BCUT2D eigenvalue weighted by molar-refractivity contribution is -0.355. The minimum atomic E-state index is -6.32. The van der Waals surface area contributed by atoms with E-state index < -0.39 is 44.6 Å². The number of halogens is 7. The monoisotopic (exact) mass is 334 g/mol. The van der Waals surface area contributed by atoms with Crippen molar-refractivity contribution >= 4 is 7.60 Å². The molecule has 2 N–H and O–H groups in total. The van der Waals surface area contributed by atoms with Crippen molar-refractivity contribution < 1.29 is 45.1 Å². The summed E-state index contributed by atoms with van der Waals surface area (Å²) in [4.78, 5) is 16.9. The first-order valence-electron chi connectivity index (χ1n) is 5.58. The summed E-state index contributed by atoms with van der Waals surface area (Å²) < 4.78 is 96.3. The lowest BCUT2D eigenvalue weighted by Gasteiger charge is -2.28. The predicted octanol–water partition coefficient (Wildman–Crippen LogP) is 3.95. The highest BCUT2D eigenvalue weighted by atomic mass is 31.2. The highest BCUT2D eigenvalue weighted by Crippen LogP contribution is 2.48. The number of hydrogen-bond donors (Lipinski definition) is 2. The first-order chi connectivity index (χ1) is 8.71. The van der Waals surface area contributed by atoms with E-state index in [1.165, 1.54) is 0 Å². The van der Waals surface area contributed by atoms with Gasteiger partial charge in [-0.2, -0.15) is 30.7 Å². The van der Waals surface area contributed by atoms with Gasteiger partial charge in [0.2, 0.25) is 0 Å². The van der Waals surface area contributed by atoms with E-state index in [0.29, 0.717) is 0 Å². The number of unbranched alkanes of at least 4 members (excludes halogenated alkanes) is 3. The van der Waals surface area contributed by atoms with Crippen molar-refractivity contribution in [1.82, 2.24) is 0 Å². The third-order valence-corrected chi connectivity index (χ3v) is 3.40. The van der Waals surface area contributed by atoms with Gasteiger partial charge in [0, 0.05) is 12.6 Å². The first-order valence-corrected chi connectivity index (χ1v) is 7.37. The molecule has 0 aliphatic rings. The van der Waals surface area contributed by atoms with Crippen molar-refractivity contribution in [3.8, 4) is 0 Å². The Morgan fingerprint density at radius 2 is 1.25 bits per heavy atom. The Morgan fingerprint density at radius 1 is 0.800 bits per heavy atom. The average Bonchev–Trinajstić information content (AvgIpc) is 2.19. The maximum atomic E-state index is 12.8. The second-order valence-electron chi connectivity index (χ2n) is 4.33. The molecular weight excluding hydrogens is 320 g/mol. The van der Waals surface area contributed by atoms with Gasteiger partial charge in [0.15, 0.2) is 0 Å². The standard InChI is InChI=1S/C9H14F7O3P/c10-7(11,8(12,13)9(14,15)16)5-3-1-2-4-6-20(17,18)19/h1-6H2,(H2,17,18,19). The number of alkyl halides is 7. The van der Waals surface area contributed by atoms with Gasteiger partial charge in [-0.05, 0) is 12.8 Å². The van der Waals surface area contributed by atoms with Gasteiger partial charge in [0.1, 0.15) is 0 Å². The number of hydrogen-bond acceptors (Lipinski definition) is 1. The van der Waals surface area contributed by atoms with E-state index in [1.807, 2.05) is 0 Å². The van der Waals surface area contributed by atoms with Crippen molar-refractivity contribution in [3.05, 3.63) is 0 Å². The largest absolute Gasteiger partial charge is 0.459 e. The summed E-state index contributed by atoms with van der Waals surface area (Å²) in [6, 6.07) is 0. The van der Waals surface area contributed by atoms with E-state index in [2.05, 4.69) is 0 Å². The van der Waals surface area contributed by atoms with Crippen LogP contribution in [0.25, 0.3) is 0 Å². The Kier molecular flexibility index (Phi) is 6.50. The molecule has 3 nitrogen and oxygen atoms in total. The van der Waals surface area contributed by atoms with Crippen LogP contribution in [0.3, 0.4) is 0 Å². The van der Waals surface area contributed by atoms with Gasteiger partial charge in [-0.25, -0.2) is 0 Å². The summed E-state index contributed by atoms with van der Waals surface area (Å²) in [5, 5.41) is 0. The van der Waals surface area contributed by atoms with Gasteiger partial charge in [-0.15, -0.1) is 0 Å². The molecule has 0 saturated carbocycles. The van der Waals surface area contributed by atoms with Crippen LogP contribution >= 0.6 is 7.60 Å². The van der Waals surface area contributed by atoms with Crippen LogP contribution in [-0.2, 0) is 4.57 Å². The zero-order chi connectivity index (χ0) is 16.2. The quantitative estimate of drug-likeness (QED) is 0.401. The molecule has 0 radical (unpaired) electrons. The smallest absolute Gasteiger partial charge is 0.324 e. The summed E-state index contributed by atoms with van der Waals surface area (Å²) in [5.74, 6) is -11.3. The minimum absolute atomic E-state index is 0.0223. The topological polar surface area (TPSA) is 57.5 Å². The summed E-state index contributed by atoms with van der Waals surface area (Å²) in [6.07, 6.45) is -9.14. The summed E-state index contributed by atoms with van der Waals surface area (Å²) in [7, 11) is -4.21. The number of rotatable bonds is 8. The maximum Gasteiger partial charge on any atom is 0.459 e. The van der Waals surface area contributed by atoms with Gasteiger partial charge in [0.05, 0.1) is 0 Å². The third-order valence-electron chi connectivity index (χ3n) is 2.51. The molecule has 0 heterocycles. The Balaban J connectivity index is 4.16. The van der Waals surface area contributed by atoms with E-state index in [4.69, 9.17) is 9.79 Å². The normalized spacial score (nSPS) is 14.7. The molecule has 0 fully saturated rings. The first kappa shape index (κ1) is 19.7. The van der Waals surface area contributed by atoms with Gasteiger partial charge in [0.25, 0.3) is 0 Å². The molecule has 0 aromatic carbocycles. The highest BCUT2D eigenvalue weighted by Gasteiger charge is 2.72. The predicted molar refractivity (Wildman–Crippen MR) is 55.9 cm³/mol. The molecule has 0 amide bonds. The van der Waals surface area contributed by atoms with Crippen molar-refractivity contribution in [3.63, 3.8) is 0 Å². The summed E-state index contributed by atoms with van der Waals surface area (Å²) in [6.45, 7) is 0. The summed E-state index contributed by atoms with van der Waals surface area (Å²) in [5.41, 5.74) is 0. The third kappa shape index (κ3) is 5.97. The molecule has 0 saturated heterocycles. The van der Waals surface area contributed by atoms with Crippen LogP contribution in [0.1, 0.15) is 32.1 Å². The van der Waals surface area contributed by atoms with Crippen molar-refractivity contribution in [1.29, 1.82) is 0 Å². The van der Waals surface area contributed by atoms with E-state index in [1.54, 1.807) is 0 Å². The van der Waals surface area contributed by atoms with Crippen molar-refractivity contribution in [2.75, 3.05) is 6.16 Å². The lowest BCUT2D eigenvalue weighted by atomic mass is 10.0. The molecule has 0 atom stereocenters. The zero-order valence-corrected chi connectivity index (χ0v) is 11.0. The SMILES string of the molecule is O=P(O)(O)CCCCCCC(F)(F)C(F)(F)C(F)(F)F. The van der Waals surface area contributed by atoms with E-state index in [9.17, 15) is 35.3 Å². The molecule has 0 unspecified atom stereocenters. The molecule has 122 valence electrons. The minimum Gasteiger partial charge on any atom is -0.324 e. The van der Waals surface area contributed by atoms with Crippen LogP contribution in [0, 0.1) is 0 Å². The highest BCUT2D eigenvalue weighted by molar-refractivity contribution is 7.51. The van der Waals surface area contributed by atoms with Crippen LogP contribution < -0.4 is 0 Å². The fourth-order valence-corrected chi connectivity index (χ4v) is 2.02. The summed E-state index contributed by atoms with van der Waals surface area (Å²) >= 11 is 0. The van der Waals surface area contributed by atoms with Crippen LogP contribution in [-0.4, -0.2) is 34.0 Å². The van der Waals surface area contributed by atoms with E-state index in [-0.39, 0.29) is 19.3 Å². The second kappa shape index (κ2) is 6.62. The van der Waals surface area contributed by atoms with Crippen LogP contribution in [0.5, 0.6) is 0 Å². The van der Waals surface area contributed by atoms with E-state index in [0.717, 1.165) is 0 Å². The molecule has 11 heteroatoms. The van der Waals surface area contributed by atoms with Crippen molar-refractivity contribution in [2.24, 2.45) is 0 Å². The Morgan fingerprint density at radius 3 is 1.65 bits per heavy atom. The van der Waals surface area contributed by atoms with Gasteiger partial charge in [-0.3, -0.25) is 4.57 Å². The van der Waals surface area contributed by atoms with Gasteiger partial charge >= 0.3 is 25.6 Å². The van der Waals surface area contributed by atoms with E-state index >= 15 is 0 Å². The average molecular weight is 334 g/mol. The molecule has 0 aliphatic carbocycles. The van der Waals surface area contributed by atoms with Gasteiger partial charge < -0.3 is 9.79 Å². The molecule has 20 heavy (non-hydrogen) atoms. The molecular formula is C9H14F7O3P. The van der Waals surface area contributed by atoms with Crippen molar-refractivity contribution in [2.45, 2.75) is 50.1 Å². The Hall–Kier alpha value is -0.340. The lowest BCUT2D eigenvalue weighted by Crippen LogP contribution is -2.51. The Labute approximate surface area is 110 Å². The molecule has 0 aromatic rings. The molecule has 0 spiro atoms. The fourth-order valence-electron chi connectivity index (χ4n) is 1.38. The maximum absolute atomic E-state index is 12.8. The van der Waals surface area contributed by atoms with Gasteiger partial charge in [-0.1, -0.05) is 12.8 Å². The Bertz CT molecular complexity index is 350. The molecule has 0 rings (SSSR count). The fraction of sp³-hybridized carbons (Fsp3) is 1.00.